The lowest BCUT2D eigenvalue weighted by Crippen LogP contribution is -2.28. The van der Waals surface area contributed by atoms with Crippen LogP contribution in [0.4, 0.5) is 4.39 Å². The third kappa shape index (κ3) is 4.16. The van der Waals surface area contributed by atoms with Crippen LogP contribution in [0.5, 0.6) is 0 Å². The molecule has 2 N–H and O–H groups in total. The fourth-order valence-electron chi connectivity index (χ4n) is 1.76. The van der Waals surface area contributed by atoms with Crippen LogP contribution in [0.15, 0.2) is 36.7 Å². The van der Waals surface area contributed by atoms with Crippen molar-refractivity contribution in [3.05, 3.63) is 53.6 Å². The summed E-state index contributed by atoms with van der Waals surface area (Å²) >= 11 is 0. The Balaban J connectivity index is 2.04. The van der Waals surface area contributed by atoms with Crippen LogP contribution in [0.3, 0.4) is 0 Å². The molecule has 0 spiro atoms. The largest absolute Gasteiger partial charge is 0.384 e. The van der Waals surface area contributed by atoms with Gasteiger partial charge in [0.1, 0.15) is 12.4 Å². The van der Waals surface area contributed by atoms with Crippen LogP contribution in [0.1, 0.15) is 15.9 Å². The molecule has 1 heterocycles. The molecular weight excluding hydrogens is 273 g/mol. The van der Waals surface area contributed by atoms with Gasteiger partial charge in [-0.05, 0) is 24.3 Å². The highest BCUT2D eigenvalue weighted by molar-refractivity contribution is 5.96. The van der Waals surface area contributed by atoms with Crippen LogP contribution in [0, 0.1) is 17.7 Å². The van der Waals surface area contributed by atoms with Crippen molar-refractivity contribution < 1.29 is 14.3 Å². The summed E-state index contributed by atoms with van der Waals surface area (Å²) in [6.07, 6.45) is 3.45. The van der Waals surface area contributed by atoms with E-state index >= 15 is 0 Å². The van der Waals surface area contributed by atoms with Crippen molar-refractivity contribution in [2.24, 2.45) is 0 Å². The van der Waals surface area contributed by atoms with Crippen LogP contribution in [0.2, 0.25) is 0 Å². The topological polar surface area (TPSA) is 67.2 Å². The molecule has 0 unspecified atom stereocenters. The highest BCUT2D eigenvalue weighted by Crippen LogP contribution is 2.10. The number of rotatable bonds is 4. The SMILES string of the molecule is O=C(NCCn1cccn1)c1ccc(F)cc1C#CCO. The van der Waals surface area contributed by atoms with Crippen molar-refractivity contribution in [1.29, 1.82) is 0 Å². The van der Waals surface area contributed by atoms with Crippen LogP contribution in [-0.4, -0.2) is 33.9 Å². The molecule has 0 fully saturated rings. The van der Waals surface area contributed by atoms with Gasteiger partial charge in [0.25, 0.3) is 5.91 Å². The molecule has 21 heavy (non-hydrogen) atoms. The van der Waals surface area contributed by atoms with Crippen LogP contribution >= 0.6 is 0 Å². The molecule has 108 valence electrons. The molecular formula is C15H14FN3O2. The Bertz CT molecular complexity index is 672. The van der Waals surface area contributed by atoms with Crippen LogP contribution in [0.25, 0.3) is 0 Å². The van der Waals surface area contributed by atoms with E-state index in [1.807, 2.05) is 0 Å². The molecule has 1 aromatic carbocycles. The number of nitrogens with one attached hydrogen (secondary N) is 1. The minimum atomic E-state index is -0.481. The zero-order valence-corrected chi connectivity index (χ0v) is 11.2. The molecule has 1 amide bonds. The molecule has 0 saturated carbocycles. The summed E-state index contributed by atoms with van der Waals surface area (Å²) in [4.78, 5) is 12.1. The van der Waals surface area contributed by atoms with E-state index in [1.165, 1.54) is 18.2 Å². The summed E-state index contributed by atoms with van der Waals surface area (Å²) in [5.74, 6) is 4.16. The van der Waals surface area contributed by atoms with Gasteiger partial charge in [-0.25, -0.2) is 4.39 Å². The predicted octanol–water partition coefficient (Wildman–Crippen LogP) is 0.796. The Hall–Kier alpha value is -2.65. The van der Waals surface area contributed by atoms with Gasteiger partial charge in [0.2, 0.25) is 0 Å². The molecule has 0 bridgehead atoms. The lowest BCUT2D eigenvalue weighted by molar-refractivity contribution is 0.0951. The number of carbonyl (C=O) groups excluding carboxylic acids is 1. The molecule has 0 saturated heterocycles. The third-order valence-electron chi connectivity index (χ3n) is 2.71. The van der Waals surface area contributed by atoms with Gasteiger partial charge in [0.15, 0.2) is 0 Å². The van der Waals surface area contributed by atoms with Gasteiger partial charge in [-0.15, -0.1) is 0 Å². The molecule has 2 aromatic rings. The summed E-state index contributed by atoms with van der Waals surface area (Å²) in [6, 6.07) is 5.54. The molecule has 0 aliphatic rings. The second-order valence-corrected chi connectivity index (χ2v) is 4.17. The number of benzene rings is 1. The summed E-state index contributed by atoms with van der Waals surface area (Å²) in [5, 5.41) is 15.4. The number of amides is 1. The zero-order chi connectivity index (χ0) is 15.1. The Morgan fingerprint density at radius 2 is 2.33 bits per heavy atom. The number of aliphatic hydroxyl groups is 1. The Labute approximate surface area is 121 Å². The second kappa shape index (κ2) is 7.22. The zero-order valence-electron chi connectivity index (χ0n) is 11.2. The van der Waals surface area contributed by atoms with E-state index in [4.69, 9.17) is 5.11 Å². The van der Waals surface area contributed by atoms with Gasteiger partial charge in [-0.1, -0.05) is 11.8 Å². The Morgan fingerprint density at radius 3 is 3.05 bits per heavy atom. The monoisotopic (exact) mass is 287 g/mol. The third-order valence-corrected chi connectivity index (χ3v) is 2.71. The molecule has 0 aliphatic heterocycles. The molecule has 0 aliphatic carbocycles. The number of hydrogen-bond donors (Lipinski definition) is 2. The maximum atomic E-state index is 13.2. The van der Waals surface area contributed by atoms with Crippen molar-refractivity contribution in [3.8, 4) is 11.8 Å². The average Bonchev–Trinajstić information content (AvgIpc) is 2.98. The van der Waals surface area contributed by atoms with E-state index in [2.05, 4.69) is 22.3 Å². The minimum Gasteiger partial charge on any atom is -0.384 e. The van der Waals surface area contributed by atoms with Crippen molar-refractivity contribution in [2.75, 3.05) is 13.2 Å². The van der Waals surface area contributed by atoms with E-state index in [0.717, 1.165) is 0 Å². The van der Waals surface area contributed by atoms with Gasteiger partial charge in [0.05, 0.1) is 12.1 Å². The van der Waals surface area contributed by atoms with Gasteiger partial charge < -0.3 is 10.4 Å². The first-order chi connectivity index (χ1) is 10.2. The normalized spacial score (nSPS) is 9.81. The number of carbonyl (C=O) groups is 1. The second-order valence-electron chi connectivity index (χ2n) is 4.17. The number of halogens is 1. The van der Waals surface area contributed by atoms with Crippen molar-refractivity contribution in [2.45, 2.75) is 6.54 Å². The lowest BCUT2D eigenvalue weighted by Gasteiger charge is -2.07. The molecule has 0 atom stereocenters. The molecule has 0 radical (unpaired) electrons. The first kappa shape index (κ1) is 14.8. The quantitative estimate of drug-likeness (QED) is 0.817. The first-order valence-corrected chi connectivity index (χ1v) is 6.35. The fourth-order valence-corrected chi connectivity index (χ4v) is 1.76. The van der Waals surface area contributed by atoms with E-state index < -0.39 is 5.82 Å². The highest BCUT2D eigenvalue weighted by atomic mass is 19.1. The maximum absolute atomic E-state index is 13.2. The molecule has 1 aromatic heterocycles. The predicted molar refractivity (Wildman–Crippen MR) is 74.9 cm³/mol. The lowest BCUT2D eigenvalue weighted by atomic mass is 10.1. The highest BCUT2D eigenvalue weighted by Gasteiger charge is 2.10. The average molecular weight is 287 g/mol. The smallest absolute Gasteiger partial charge is 0.252 e. The minimum absolute atomic E-state index is 0.251. The Morgan fingerprint density at radius 1 is 1.48 bits per heavy atom. The molecule has 6 heteroatoms. The number of aliphatic hydroxyl groups excluding tert-OH is 1. The van der Waals surface area contributed by atoms with E-state index in [0.29, 0.717) is 13.1 Å². The first-order valence-electron chi connectivity index (χ1n) is 6.35. The number of aromatic nitrogens is 2. The summed E-state index contributed by atoms with van der Waals surface area (Å²) < 4.78 is 14.9. The summed E-state index contributed by atoms with van der Waals surface area (Å²) in [5.41, 5.74) is 0.526. The van der Waals surface area contributed by atoms with Gasteiger partial charge in [0, 0.05) is 24.5 Å². The van der Waals surface area contributed by atoms with Crippen LogP contribution < -0.4 is 5.32 Å². The van der Waals surface area contributed by atoms with Gasteiger partial charge >= 0.3 is 0 Å². The molecule has 2 rings (SSSR count). The van der Waals surface area contributed by atoms with E-state index in [9.17, 15) is 9.18 Å². The van der Waals surface area contributed by atoms with E-state index in [1.54, 1.807) is 23.1 Å². The van der Waals surface area contributed by atoms with Crippen LogP contribution in [-0.2, 0) is 6.54 Å². The van der Waals surface area contributed by atoms with Crippen molar-refractivity contribution in [3.63, 3.8) is 0 Å². The number of nitrogens with zero attached hydrogens (tertiary/aromatic N) is 2. The summed E-state index contributed by atoms with van der Waals surface area (Å²) in [6.45, 7) is 0.583. The standard InChI is InChI=1S/C15H14FN3O2/c16-13-4-5-14(12(11-13)3-1-10-20)15(21)17-7-9-19-8-2-6-18-19/h2,4-6,8,11,20H,7,9-10H2,(H,17,21). The fraction of sp³-hybridized carbons (Fsp3) is 0.200. The Kier molecular flexibility index (Phi) is 5.07. The van der Waals surface area contributed by atoms with Gasteiger partial charge in [-0.3, -0.25) is 9.48 Å². The van der Waals surface area contributed by atoms with E-state index in [-0.39, 0.29) is 23.6 Å². The molecule has 5 nitrogen and oxygen atoms in total. The maximum Gasteiger partial charge on any atom is 0.252 e. The summed E-state index contributed by atoms with van der Waals surface area (Å²) in [7, 11) is 0. The van der Waals surface area contributed by atoms with Crippen molar-refractivity contribution >= 4 is 5.91 Å². The van der Waals surface area contributed by atoms with Crippen molar-refractivity contribution in [1.82, 2.24) is 15.1 Å². The number of hydrogen-bond acceptors (Lipinski definition) is 3. The van der Waals surface area contributed by atoms with Gasteiger partial charge in [-0.2, -0.15) is 5.10 Å².